The van der Waals surface area contributed by atoms with Crippen LogP contribution in [-0.4, -0.2) is 35.3 Å². The molecule has 112 valence electrons. The fourth-order valence-electron chi connectivity index (χ4n) is 3.27. The van der Waals surface area contributed by atoms with Crippen molar-refractivity contribution in [2.24, 2.45) is 0 Å². The summed E-state index contributed by atoms with van der Waals surface area (Å²) < 4.78 is 0. The Kier molecular flexibility index (Phi) is 4.34. The minimum atomic E-state index is -0.129. The standard InChI is InChI=1S/C17H22N2O2/c20-16-14-10-6-11-15(18-14)17(21)19(16)12-5-4-9-13-7-2-1-3-8-13/h1-3,7-8,14-15,18H,4-6,9-12H2. The Morgan fingerprint density at radius 2 is 1.67 bits per heavy atom. The summed E-state index contributed by atoms with van der Waals surface area (Å²) >= 11 is 0. The van der Waals surface area contributed by atoms with Gasteiger partial charge >= 0.3 is 0 Å². The predicted molar refractivity (Wildman–Crippen MR) is 80.7 cm³/mol. The SMILES string of the molecule is O=C1C2CCCC(N2)C(=O)N1CCCCc1ccccc1. The quantitative estimate of drug-likeness (QED) is 0.664. The topological polar surface area (TPSA) is 49.4 Å². The van der Waals surface area contributed by atoms with Gasteiger partial charge in [-0.15, -0.1) is 0 Å². The molecule has 0 aliphatic carbocycles. The number of amides is 2. The van der Waals surface area contributed by atoms with Crippen LogP contribution in [0.5, 0.6) is 0 Å². The average Bonchev–Trinajstić information content (AvgIpc) is 2.54. The number of piperidine rings is 1. The second kappa shape index (κ2) is 6.39. The first-order chi connectivity index (χ1) is 10.3. The van der Waals surface area contributed by atoms with E-state index in [1.807, 2.05) is 18.2 Å². The molecule has 2 heterocycles. The number of aryl methyl sites for hydroxylation is 1. The van der Waals surface area contributed by atoms with Gasteiger partial charge in [-0.3, -0.25) is 19.8 Å². The first-order valence-corrected chi connectivity index (χ1v) is 7.91. The number of hydrogen-bond donors (Lipinski definition) is 1. The minimum Gasteiger partial charge on any atom is -0.295 e. The molecule has 1 aromatic rings. The maximum Gasteiger partial charge on any atom is 0.246 e. The molecule has 4 heteroatoms. The molecule has 2 amide bonds. The van der Waals surface area contributed by atoms with Crippen LogP contribution < -0.4 is 5.32 Å². The van der Waals surface area contributed by atoms with Crippen LogP contribution in [0, 0.1) is 0 Å². The van der Waals surface area contributed by atoms with Crippen LogP contribution in [0.3, 0.4) is 0 Å². The highest BCUT2D eigenvalue weighted by molar-refractivity contribution is 6.03. The molecular weight excluding hydrogens is 264 g/mol. The molecule has 0 saturated carbocycles. The number of unbranched alkanes of at least 4 members (excludes halogenated alkanes) is 1. The molecule has 2 saturated heterocycles. The van der Waals surface area contributed by atoms with Crippen LogP contribution in [0.1, 0.15) is 37.7 Å². The number of carbonyl (C=O) groups excluding carboxylic acids is 2. The highest BCUT2D eigenvalue weighted by atomic mass is 16.2. The third-order valence-electron chi connectivity index (χ3n) is 4.46. The molecule has 2 bridgehead atoms. The number of nitrogens with zero attached hydrogens (tertiary/aromatic N) is 1. The second-order valence-corrected chi connectivity index (χ2v) is 5.97. The van der Waals surface area contributed by atoms with Crippen LogP contribution in [0.15, 0.2) is 30.3 Å². The highest BCUT2D eigenvalue weighted by Gasteiger charge is 2.41. The van der Waals surface area contributed by atoms with Crippen molar-refractivity contribution in [2.75, 3.05) is 6.54 Å². The van der Waals surface area contributed by atoms with Crippen LogP contribution in [0.25, 0.3) is 0 Å². The van der Waals surface area contributed by atoms with Crippen LogP contribution in [-0.2, 0) is 16.0 Å². The molecule has 2 aliphatic heterocycles. The zero-order chi connectivity index (χ0) is 14.7. The van der Waals surface area contributed by atoms with E-state index in [-0.39, 0.29) is 23.9 Å². The van der Waals surface area contributed by atoms with E-state index in [9.17, 15) is 9.59 Å². The Labute approximate surface area is 125 Å². The molecule has 2 unspecified atom stereocenters. The minimum absolute atomic E-state index is 0.0179. The lowest BCUT2D eigenvalue weighted by Gasteiger charge is -2.40. The van der Waals surface area contributed by atoms with Crippen molar-refractivity contribution < 1.29 is 9.59 Å². The van der Waals surface area contributed by atoms with Crippen LogP contribution >= 0.6 is 0 Å². The average molecular weight is 286 g/mol. The molecule has 2 fully saturated rings. The lowest BCUT2D eigenvalue weighted by molar-refractivity contribution is -0.153. The Bertz CT molecular complexity index is 493. The summed E-state index contributed by atoms with van der Waals surface area (Å²) in [6, 6.07) is 10.1. The molecule has 1 aromatic carbocycles. The summed E-state index contributed by atoms with van der Waals surface area (Å²) in [6.07, 6.45) is 5.59. The monoisotopic (exact) mass is 286 g/mol. The predicted octanol–water partition coefficient (Wildman–Crippen LogP) is 1.89. The number of nitrogens with one attached hydrogen (secondary N) is 1. The van der Waals surface area contributed by atoms with Gasteiger partial charge < -0.3 is 0 Å². The van der Waals surface area contributed by atoms with E-state index in [4.69, 9.17) is 0 Å². The van der Waals surface area contributed by atoms with Gasteiger partial charge in [-0.2, -0.15) is 0 Å². The zero-order valence-corrected chi connectivity index (χ0v) is 12.3. The van der Waals surface area contributed by atoms with Crippen molar-refractivity contribution in [3.8, 4) is 0 Å². The fourth-order valence-corrected chi connectivity index (χ4v) is 3.27. The van der Waals surface area contributed by atoms with Crippen LogP contribution in [0.4, 0.5) is 0 Å². The number of imide groups is 1. The van der Waals surface area contributed by atoms with Crippen molar-refractivity contribution in [3.63, 3.8) is 0 Å². The molecule has 21 heavy (non-hydrogen) atoms. The van der Waals surface area contributed by atoms with Crippen molar-refractivity contribution in [2.45, 2.75) is 50.6 Å². The number of carbonyl (C=O) groups is 2. The second-order valence-electron chi connectivity index (χ2n) is 5.97. The molecule has 2 aliphatic rings. The fraction of sp³-hybridized carbons (Fsp3) is 0.529. The first kappa shape index (κ1) is 14.3. The summed E-state index contributed by atoms with van der Waals surface area (Å²) in [7, 11) is 0. The molecule has 3 rings (SSSR count). The van der Waals surface area contributed by atoms with Crippen molar-refractivity contribution in [3.05, 3.63) is 35.9 Å². The number of likely N-dealkylation sites (tertiary alicyclic amines) is 1. The molecule has 0 radical (unpaired) electrons. The summed E-state index contributed by atoms with van der Waals surface area (Å²) in [5.41, 5.74) is 1.31. The zero-order valence-electron chi connectivity index (χ0n) is 12.3. The number of rotatable bonds is 5. The van der Waals surface area contributed by atoms with E-state index >= 15 is 0 Å². The van der Waals surface area contributed by atoms with Gasteiger partial charge in [-0.25, -0.2) is 0 Å². The van der Waals surface area contributed by atoms with Gasteiger partial charge in [0.1, 0.15) is 0 Å². The van der Waals surface area contributed by atoms with Gasteiger partial charge in [0.05, 0.1) is 12.1 Å². The number of hydrogen-bond acceptors (Lipinski definition) is 3. The van der Waals surface area contributed by atoms with Crippen LogP contribution in [0.2, 0.25) is 0 Å². The largest absolute Gasteiger partial charge is 0.295 e. The number of piperazine rings is 1. The third-order valence-corrected chi connectivity index (χ3v) is 4.46. The maximum absolute atomic E-state index is 12.3. The summed E-state index contributed by atoms with van der Waals surface area (Å²) in [5.74, 6) is -0.0358. The van der Waals surface area contributed by atoms with E-state index in [1.165, 1.54) is 10.5 Å². The molecule has 0 spiro atoms. The highest BCUT2D eigenvalue weighted by Crippen LogP contribution is 2.22. The summed E-state index contributed by atoms with van der Waals surface area (Å²) in [5, 5.41) is 3.16. The maximum atomic E-state index is 12.3. The van der Waals surface area contributed by atoms with E-state index in [2.05, 4.69) is 17.4 Å². The van der Waals surface area contributed by atoms with Gasteiger partial charge in [0.25, 0.3) is 0 Å². The third kappa shape index (κ3) is 3.16. The smallest absolute Gasteiger partial charge is 0.246 e. The van der Waals surface area contributed by atoms with Gasteiger partial charge in [0, 0.05) is 6.54 Å². The summed E-state index contributed by atoms with van der Waals surface area (Å²) in [6.45, 7) is 0.569. The van der Waals surface area contributed by atoms with Gasteiger partial charge in [0.15, 0.2) is 0 Å². The van der Waals surface area contributed by atoms with E-state index in [0.717, 1.165) is 38.5 Å². The lowest BCUT2D eigenvalue weighted by Crippen LogP contribution is -2.65. The van der Waals surface area contributed by atoms with Gasteiger partial charge in [-0.05, 0) is 44.1 Å². The first-order valence-electron chi connectivity index (χ1n) is 7.91. The van der Waals surface area contributed by atoms with Gasteiger partial charge in [0.2, 0.25) is 11.8 Å². The summed E-state index contributed by atoms with van der Waals surface area (Å²) in [4.78, 5) is 26.0. The number of benzene rings is 1. The van der Waals surface area contributed by atoms with Crippen molar-refractivity contribution in [1.82, 2.24) is 10.2 Å². The molecular formula is C17H22N2O2. The number of fused-ring (bicyclic) bond motifs is 2. The Morgan fingerprint density at radius 1 is 1.00 bits per heavy atom. The van der Waals surface area contributed by atoms with E-state index < -0.39 is 0 Å². The van der Waals surface area contributed by atoms with E-state index in [0.29, 0.717) is 6.54 Å². The van der Waals surface area contributed by atoms with Gasteiger partial charge in [-0.1, -0.05) is 30.3 Å². The molecule has 1 N–H and O–H groups in total. The Balaban J connectivity index is 1.50. The Hall–Kier alpha value is -1.68. The molecule has 0 aromatic heterocycles. The molecule has 4 nitrogen and oxygen atoms in total. The van der Waals surface area contributed by atoms with Crippen molar-refractivity contribution in [1.29, 1.82) is 0 Å². The normalized spacial score (nSPS) is 25.2. The lowest BCUT2D eigenvalue weighted by atomic mass is 9.93. The van der Waals surface area contributed by atoms with E-state index in [1.54, 1.807) is 0 Å². The van der Waals surface area contributed by atoms with Crippen molar-refractivity contribution >= 4 is 11.8 Å². The molecule has 2 atom stereocenters. The Morgan fingerprint density at radius 3 is 2.33 bits per heavy atom.